The second-order valence-electron chi connectivity index (χ2n) is 7.35. The van der Waals surface area contributed by atoms with Crippen LogP contribution in [0, 0.1) is 0 Å². The molecule has 36 heavy (non-hydrogen) atoms. The second kappa shape index (κ2) is 12.8. The zero-order valence-electron chi connectivity index (χ0n) is 19.8. The van der Waals surface area contributed by atoms with Crippen molar-refractivity contribution in [2.24, 2.45) is 5.10 Å². The molecule has 0 bridgehead atoms. The summed E-state index contributed by atoms with van der Waals surface area (Å²) in [5.74, 6) is 0.535. The average Bonchev–Trinajstić information content (AvgIpc) is 2.88. The monoisotopic (exact) mass is 530 g/mol. The van der Waals surface area contributed by atoms with E-state index in [1.54, 1.807) is 68.6 Å². The highest BCUT2D eigenvalue weighted by molar-refractivity contribution is 6.35. The number of carbonyl (C=O) groups is 2. The van der Waals surface area contributed by atoms with E-state index >= 15 is 0 Å². The first-order valence-electron chi connectivity index (χ1n) is 10.8. The van der Waals surface area contributed by atoms with Gasteiger partial charge in [-0.25, -0.2) is 10.2 Å². The van der Waals surface area contributed by atoms with Gasteiger partial charge in [-0.05, 0) is 72.6 Å². The number of nitrogens with zero attached hydrogens (tertiary/aromatic N) is 1. The molecule has 3 aromatic carbocycles. The van der Waals surface area contributed by atoms with Crippen LogP contribution in [-0.4, -0.2) is 38.4 Å². The lowest BCUT2D eigenvalue weighted by Crippen LogP contribution is -2.35. The van der Waals surface area contributed by atoms with Crippen LogP contribution in [0.5, 0.6) is 23.0 Å². The number of rotatable bonds is 10. The maximum absolute atomic E-state index is 12.5. The van der Waals surface area contributed by atoms with Crippen LogP contribution in [0.25, 0.3) is 0 Å². The Kier molecular flexibility index (Phi) is 9.55. The van der Waals surface area contributed by atoms with Crippen molar-refractivity contribution in [2.75, 3.05) is 14.2 Å². The minimum atomic E-state index is -0.810. The molecule has 3 rings (SSSR count). The molecule has 0 saturated carbocycles. The summed E-state index contributed by atoms with van der Waals surface area (Å²) in [6.07, 6.45) is 1.01. The van der Waals surface area contributed by atoms with Gasteiger partial charge in [-0.1, -0.05) is 30.1 Å². The van der Waals surface area contributed by atoms with Gasteiger partial charge in [0.2, 0.25) is 0 Å². The molecule has 0 aromatic heterocycles. The number of halogens is 2. The van der Waals surface area contributed by atoms with Crippen LogP contribution in [-0.2, 0) is 4.79 Å². The van der Waals surface area contributed by atoms with Crippen molar-refractivity contribution in [3.63, 3.8) is 0 Å². The van der Waals surface area contributed by atoms with Gasteiger partial charge in [0.25, 0.3) is 5.91 Å². The highest BCUT2D eigenvalue weighted by Gasteiger charge is 2.19. The molecule has 8 nitrogen and oxygen atoms in total. The number of carbonyl (C=O) groups excluding carboxylic acids is 2. The number of methoxy groups -OCH3 is 2. The number of nitrogens with one attached hydrogen (secondary N) is 1. The molecule has 0 radical (unpaired) electrons. The molecule has 0 aliphatic heterocycles. The number of esters is 1. The highest BCUT2D eigenvalue weighted by atomic mass is 35.5. The summed E-state index contributed by atoms with van der Waals surface area (Å²) < 4.78 is 21.6. The van der Waals surface area contributed by atoms with Gasteiger partial charge in [-0.15, -0.1) is 0 Å². The lowest BCUT2D eigenvalue weighted by Gasteiger charge is -2.16. The summed E-state index contributed by atoms with van der Waals surface area (Å²) >= 11 is 12.0. The van der Waals surface area contributed by atoms with Crippen molar-refractivity contribution in [2.45, 2.75) is 19.4 Å². The average molecular weight is 531 g/mol. The Morgan fingerprint density at radius 2 is 1.67 bits per heavy atom. The lowest BCUT2D eigenvalue weighted by molar-refractivity contribution is -0.128. The summed E-state index contributed by atoms with van der Waals surface area (Å²) in [6.45, 7) is 1.80. The molecule has 3 aromatic rings. The molecule has 1 atom stereocenters. The molecule has 0 fully saturated rings. The lowest BCUT2D eigenvalue weighted by atomic mass is 10.2. The summed E-state index contributed by atoms with van der Waals surface area (Å²) in [7, 11) is 3.00. The fourth-order valence-corrected chi connectivity index (χ4v) is 3.48. The second-order valence-corrected chi connectivity index (χ2v) is 8.20. The molecular weight excluding hydrogens is 507 g/mol. The fourth-order valence-electron chi connectivity index (χ4n) is 3.02. The number of hydrazone groups is 1. The number of amides is 1. The molecule has 0 saturated heterocycles. The van der Waals surface area contributed by atoms with Gasteiger partial charge in [0, 0.05) is 5.02 Å². The van der Waals surface area contributed by atoms with Crippen molar-refractivity contribution in [3.8, 4) is 23.0 Å². The third kappa shape index (κ3) is 7.13. The molecule has 1 amide bonds. The first-order chi connectivity index (χ1) is 17.3. The SMILES string of the molecule is CCC(Oc1ccc(Cl)cc1Cl)C(=O)N/N=C/c1ccc(OC(=O)c2ccc(OC)cc2)c(OC)c1. The summed E-state index contributed by atoms with van der Waals surface area (Å²) in [5.41, 5.74) is 3.41. The van der Waals surface area contributed by atoms with Crippen LogP contribution in [0.2, 0.25) is 10.0 Å². The topological polar surface area (TPSA) is 95.5 Å². The molecule has 0 spiro atoms. The standard InChI is InChI=1S/C26H24Cl2N2O6/c1-4-21(35-22-12-8-18(27)14-20(22)28)25(31)30-29-15-16-5-11-23(24(13-16)34-3)36-26(32)17-6-9-19(33-2)10-7-17/h5-15,21H,4H2,1-3H3,(H,30,31)/b29-15+. The largest absolute Gasteiger partial charge is 0.497 e. The van der Waals surface area contributed by atoms with E-state index in [1.807, 2.05) is 0 Å². The van der Waals surface area contributed by atoms with Gasteiger partial charge in [0.15, 0.2) is 17.6 Å². The van der Waals surface area contributed by atoms with Gasteiger partial charge >= 0.3 is 5.97 Å². The van der Waals surface area contributed by atoms with Crippen molar-refractivity contribution in [3.05, 3.63) is 81.8 Å². The van der Waals surface area contributed by atoms with E-state index in [0.717, 1.165) is 0 Å². The Labute approximate surface area is 218 Å². The van der Waals surface area contributed by atoms with Crippen molar-refractivity contribution >= 4 is 41.3 Å². The number of benzene rings is 3. The highest BCUT2D eigenvalue weighted by Crippen LogP contribution is 2.30. The van der Waals surface area contributed by atoms with Crippen LogP contribution >= 0.6 is 23.2 Å². The third-order valence-electron chi connectivity index (χ3n) is 4.93. The predicted octanol–water partition coefficient (Wildman–Crippen LogP) is 5.54. The van der Waals surface area contributed by atoms with Gasteiger partial charge in [-0.3, -0.25) is 4.79 Å². The molecule has 1 unspecified atom stereocenters. The van der Waals surface area contributed by atoms with Crippen LogP contribution in [0.4, 0.5) is 0 Å². The predicted molar refractivity (Wildman–Crippen MR) is 138 cm³/mol. The van der Waals surface area contributed by atoms with Gasteiger partial charge < -0.3 is 18.9 Å². The van der Waals surface area contributed by atoms with Crippen LogP contribution in [0.3, 0.4) is 0 Å². The Morgan fingerprint density at radius 1 is 0.944 bits per heavy atom. The van der Waals surface area contributed by atoms with Gasteiger partial charge in [0.1, 0.15) is 11.5 Å². The van der Waals surface area contributed by atoms with E-state index in [-0.39, 0.29) is 5.75 Å². The molecular formula is C26H24Cl2N2O6. The van der Waals surface area contributed by atoms with Crippen LogP contribution < -0.4 is 24.4 Å². The molecule has 0 heterocycles. The first-order valence-corrected chi connectivity index (χ1v) is 11.6. The molecule has 0 aliphatic carbocycles. The molecule has 10 heteroatoms. The third-order valence-corrected chi connectivity index (χ3v) is 5.46. The quantitative estimate of drug-likeness (QED) is 0.160. The molecule has 188 valence electrons. The first kappa shape index (κ1) is 26.8. The maximum atomic E-state index is 12.5. The van der Waals surface area contributed by atoms with Gasteiger partial charge in [-0.2, -0.15) is 5.10 Å². The Morgan fingerprint density at radius 3 is 2.31 bits per heavy atom. The number of hydrogen-bond acceptors (Lipinski definition) is 7. The van der Waals surface area contributed by atoms with Gasteiger partial charge in [0.05, 0.1) is 31.0 Å². The zero-order chi connectivity index (χ0) is 26.1. The van der Waals surface area contributed by atoms with E-state index in [9.17, 15) is 9.59 Å². The van der Waals surface area contributed by atoms with E-state index in [0.29, 0.717) is 44.8 Å². The summed E-state index contributed by atoms with van der Waals surface area (Å²) in [4.78, 5) is 25.0. The normalized spacial score (nSPS) is 11.6. The molecule has 0 aliphatic rings. The Bertz CT molecular complexity index is 1250. The Hall–Kier alpha value is -3.75. The van der Waals surface area contributed by atoms with Crippen molar-refractivity contribution < 1.29 is 28.5 Å². The maximum Gasteiger partial charge on any atom is 0.343 e. The molecule has 1 N–H and O–H groups in total. The summed E-state index contributed by atoms with van der Waals surface area (Å²) in [6, 6.07) is 16.1. The van der Waals surface area contributed by atoms with E-state index in [2.05, 4.69) is 10.5 Å². The van der Waals surface area contributed by atoms with E-state index in [4.69, 9.17) is 42.1 Å². The number of ether oxygens (including phenoxy) is 4. The van der Waals surface area contributed by atoms with Crippen molar-refractivity contribution in [1.82, 2.24) is 5.43 Å². The van der Waals surface area contributed by atoms with Crippen molar-refractivity contribution in [1.29, 1.82) is 0 Å². The number of hydrogen-bond donors (Lipinski definition) is 1. The minimum absolute atomic E-state index is 0.235. The van der Waals surface area contributed by atoms with Crippen LogP contribution in [0.1, 0.15) is 29.3 Å². The fraction of sp³-hybridized carbons (Fsp3) is 0.192. The summed E-state index contributed by atoms with van der Waals surface area (Å²) in [5, 5.41) is 4.75. The van der Waals surface area contributed by atoms with E-state index in [1.165, 1.54) is 19.4 Å². The van der Waals surface area contributed by atoms with Crippen LogP contribution in [0.15, 0.2) is 65.8 Å². The zero-order valence-corrected chi connectivity index (χ0v) is 21.3. The smallest absolute Gasteiger partial charge is 0.343 e. The Balaban J connectivity index is 1.62. The van der Waals surface area contributed by atoms with E-state index < -0.39 is 18.0 Å². The minimum Gasteiger partial charge on any atom is -0.497 e.